The standard InChI is InChI=1S/C16H25N3/c1-3-19(15-10-17-11-15)12-13-6-7-16-14(9-13)5-4-8-18(16)2/h6-7,9,15,17H,3-5,8,10-12H2,1-2H3. The van der Waals surface area contributed by atoms with E-state index in [9.17, 15) is 0 Å². The van der Waals surface area contributed by atoms with Crippen LogP contribution in [0, 0.1) is 0 Å². The average molecular weight is 259 g/mol. The normalized spacial score (nSPS) is 19.4. The van der Waals surface area contributed by atoms with Gasteiger partial charge < -0.3 is 10.2 Å². The molecule has 3 heteroatoms. The highest BCUT2D eigenvalue weighted by atomic mass is 15.2. The predicted molar refractivity (Wildman–Crippen MR) is 80.8 cm³/mol. The molecule has 0 aliphatic carbocycles. The molecule has 0 atom stereocenters. The highest BCUT2D eigenvalue weighted by molar-refractivity contribution is 5.56. The van der Waals surface area contributed by atoms with Gasteiger partial charge in [-0.15, -0.1) is 0 Å². The highest BCUT2D eigenvalue weighted by Crippen LogP contribution is 2.27. The van der Waals surface area contributed by atoms with Crippen LogP contribution in [0.5, 0.6) is 0 Å². The third kappa shape index (κ3) is 2.63. The number of rotatable bonds is 4. The Morgan fingerprint density at radius 1 is 1.37 bits per heavy atom. The van der Waals surface area contributed by atoms with E-state index in [2.05, 4.69) is 47.3 Å². The van der Waals surface area contributed by atoms with Crippen molar-refractivity contribution in [3.8, 4) is 0 Å². The Kier molecular flexibility index (Phi) is 3.76. The van der Waals surface area contributed by atoms with Gasteiger partial charge in [0.05, 0.1) is 0 Å². The van der Waals surface area contributed by atoms with Gasteiger partial charge in [-0.3, -0.25) is 4.90 Å². The fourth-order valence-electron chi connectivity index (χ4n) is 3.20. The second-order valence-corrected chi connectivity index (χ2v) is 5.86. The summed E-state index contributed by atoms with van der Waals surface area (Å²) in [5.41, 5.74) is 4.44. The van der Waals surface area contributed by atoms with E-state index in [0.717, 1.165) is 32.2 Å². The second kappa shape index (κ2) is 5.51. The molecule has 0 saturated carbocycles. The largest absolute Gasteiger partial charge is 0.374 e. The van der Waals surface area contributed by atoms with Crippen molar-refractivity contribution in [1.82, 2.24) is 10.2 Å². The summed E-state index contributed by atoms with van der Waals surface area (Å²) in [4.78, 5) is 4.97. The van der Waals surface area contributed by atoms with Crippen LogP contribution in [0.25, 0.3) is 0 Å². The predicted octanol–water partition coefficient (Wildman–Crippen LogP) is 1.86. The van der Waals surface area contributed by atoms with Gasteiger partial charge in [-0.25, -0.2) is 0 Å². The van der Waals surface area contributed by atoms with Crippen molar-refractivity contribution in [2.75, 3.05) is 38.1 Å². The minimum absolute atomic E-state index is 0.740. The number of hydrogen-bond acceptors (Lipinski definition) is 3. The molecule has 1 aromatic rings. The molecule has 0 unspecified atom stereocenters. The van der Waals surface area contributed by atoms with Crippen molar-refractivity contribution in [3.05, 3.63) is 29.3 Å². The van der Waals surface area contributed by atoms with Crippen LogP contribution in [0.2, 0.25) is 0 Å². The van der Waals surface area contributed by atoms with Crippen LogP contribution in [0.15, 0.2) is 18.2 Å². The zero-order chi connectivity index (χ0) is 13.2. The van der Waals surface area contributed by atoms with Gasteiger partial charge in [0.15, 0.2) is 0 Å². The summed E-state index contributed by atoms with van der Waals surface area (Å²) in [6, 6.07) is 7.80. The van der Waals surface area contributed by atoms with Gasteiger partial charge in [-0.1, -0.05) is 19.1 Å². The summed E-state index contributed by atoms with van der Waals surface area (Å²) in [5, 5.41) is 3.37. The Balaban J connectivity index is 1.74. The Labute approximate surface area is 116 Å². The van der Waals surface area contributed by atoms with Gasteiger partial charge in [0, 0.05) is 45.0 Å². The molecule has 1 N–H and O–H groups in total. The SMILES string of the molecule is CCN(Cc1ccc2c(c1)CCCN2C)C1CNC1. The van der Waals surface area contributed by atoms with E-state index in [1.54, 1.807) is 0 Å². The molecule has 2 aliphatic heterocycles. The number of benzene rings is 1. The van der Waals surface area contributed by atoms with E-state index in [-0.39, 0.29) is 0 Å². The van der Waals surface area contributed by atoms with E-state index in [1.807, 2.05) is 0 Å². The van der Waals surface area contributed by atoms with E-state index < -0.39 is 0 Å². The molecule has 0 aromatic heterocycles. The first-order valence-electron chi connectivity index (χ1n) is 7.55. The topological polar surface area (TPSA) is 18.5 Å². The van der Waals surface area contributed by atoms with Crippen molar-refractivity contribution in [2.45, 2.75) is 32.4 Å². The lowest BCUT2D eigenvalue weighted by Crippen LogP contribution is -2.56. The van der Waals surface area contributed by atoms with Crippen molar-refractivity contribution >= 4 is 5.69 Å². The molecular weight excluding hydrogens is 234 g/mol. The summed E-state index contributed by atoms with van der Waals surface area (Å²) in [6.07, 6.45) is 2.53. The summed E-state index contributed by atoms with van der Waals surface area (Å²) in [5.74, 6) is 0. The van der Waals surface area contributed by atoms with Crippen LogP contribution < -0.4 is 10.2 Å². The molecule has 0 bridgehead atoms. The maximum absolute atomic E-state index is 3.37. The summed E-state index contributed by atoms with van der Waals surface area (Å²) < 4.78 is 0. The highest BCUT2D eigenvalue weighted by Gasteiger charge is 2.23. The van der Waals surface area contributed by atoms with Crippen molar-refractivity contribution in [1.29, 1.82) is 0 Å². The van der Waals surface area contributed by atoms with Crippen molar-refractivity contribution < 1.29 is 0 Å². The molecule has 3 rings (SSSR count). The van der Waals surface area contributed by atoms with E-state index >= 15 is 0 Å². The van der Waals surface area contributed by atoms with Gasteiger partial charge in [0.25, 0.3) is 0 Å². The number of aryl methyl sites for hydroxylation is 1. The first kappa shape index (κ1) is 12.9. The first-order valence-corrected chi connectivity index (χ1v) is 7.55. The Bertz CT molecular complexity index is 440. The van der Waals surface area contributed by atoms with Crippen LogP contribution in [0.4, 0.5) is 5.69 Å². The van der Waals surface area contributed by atoms with Crippen LogP contribution in [0.1, 0.15) is 24.5 Å². The van der Waals surface area contributed by atoms with E-state index in [0.29, 0.717) is 0 Å². The zero-order valence-electron chi connectivity index (χ0n) is 12.2. The molecule has 0 amide bonds. The Morgan fingerprint density at radius 3 is 2.89 bits per heavy atom. The fraction of sp³-hybridized carbons (Fsp3) is 0.625. The Hall–Kier alpha value is -1.06. The monoisotopic (exact) mass is 259 g/mol. The molecule has 3 nitrogen and oxygen atoms in total. The van der Waals surface area contributed by atoms with Gasteiger partial charge in [0.2, 0.25) is 0 Å². The quantitative estimate of drug-likeness (QED) is 0.890. The van der Waals surface area contributed by atoms with Crippen LogP contribution in [-0.2, 0) is 13.0 Å². The van der Waals surface area contributed by atoms with Crippen molar-refractivity contribution in [3.63, 3.8) is 0 Å². The number of nitrogens with zero attached hydrogens (tertiary/aromatic N) is 2. The van der Waals surface area contributed by atoms with E-state index in [1.165, 1.54) is 36.2 Å². The molecule has 1 fully saturated rings. The first-order chi connectivity index (χ1) is 9.28. The van der Waals surface area contributed by atoms with Crippen LogP contribution in [0.3, 0.4) is 0 Å². The minimum atomic E-state index is 0.740. The van der Waals surface area contributed by atoms with Crippen molar-refractivity contribution in [2.24, 2.45) is 0 Å². The molecule has 0 spiro atoms. The van der Waals surface area contributed by atoms with E-state index in [4.69, 9.17) is 0 Å². The van der Waals surface area contributed by atoms with Gasteiger partial charge >= 0.3 is 0 Å². The summed E-state index contributed by atoms with van der Waals surface area (Å²) in [6.45, 7) is 8.01. The molecule has 1 saturated heterocycles. The lowest BCUT2D eigenvalue weighted by atomic mass is 9.99. The zero-order valence-corrected chi connectivity index (χ0v) is 12.2. The Morgan fingerprint density at radius 2 is 2.21 bits per heavy atom. The molecule has 104 valence electrons. The fourth-order valence-corrected chi connectivity index (χ4v) is 3.20. The lowest BCUT2D eigenvalue weighted by Gasteiger charge is -2.38. The summed E-state index contributed by atoms with van der Waals surface area (Å²) in [7, 11) is 2.20. The molecular formula is C16H25N3. The molecule has 2 aliphatic rings. The van der Waals surface area contributed by atoms with Gasteiger partial charge in [-0.05, 0) is 36.6 Å². The third-order valence-corrected chi connectivity index (χ3v) is 4.56. The summed E-state index contributed by atoms with van der Waals surface area (Å²) >= 11 is 0. The number of hydrogen-bond donors (Lipinski definition) is 1. The number of anilines is 1. The molecule has 2 heterocycles. The smallest absolute Gasteiger partial charge is 0.0396 e. The molecule has 1 aromatic carbocycles. The minimum Gasteiger partial charge on any atom is -0.374 e. The number of nitrogens with one attached hydrogen (secondary N) is 1. The van der Waals surface area contributed by atoms with Gasteiger partial charge in [0.1, 0.15) is 0 Å². The number of likely N-dealkylation sites (N-methyl/N-ethyl adjacent to an activating group) is 1. The van der Waals surface area contributed by atoms with Crippen LogP contribution >= 0.6 is 0 Å². The third-order valence-electron chi connectivity index (χ3n) is 4.56. The molecule has 0 radical (unpaired) electrons. The number of fused-ring (bicyclic) bond motifs is 1. The van der Waals surface area contributed by atoms with Crippen LogP contribution in [-0.4, -0.2) is 44.2 Å². The molecule has 19 heavy (non-hydrogen) atoms. The maximum Gasteiger partial charge on any atom is 0.0396 e. The second-order valence-electron chi connectivity index (χ2n) is 5.86. The van der Waals surface area contributed by atoms with Gasteiger partial charge in [-0.2, -0.15) is 0 Å². The maximum atomic E-state index is 3.37. The average Bonchev–Trinajstić information content (AvgIpc) is 2.36. The lowest BCUT2D eigenvalue weighted by molar-refractivity contribution is 0.145.